The third-order valence-corrected chi connectivity index (χ3v) is 6.73. The molecule has 1 aliphatic heterocycles. The van der Waals surface area contributed by atoms with Crippen LogP contribution in [0.2, 0.25) is 25.7 Å². The smallest absolute Gasteiger partial charge is 0.140 e. The van der Waals surface area contributed by atoms with Gasteiger partial charge in [0.15, 0.2) is 0 Å². The molecule has 0 fully saturated rings. The van der Waals surface area contributed by atoms with Crippen LogP contribution in [-0.2, 0) is 18.0 Å². The Morgan fingerprint density at radius 2 is 1.96 bits per heavy atom. The standard InChI is InChI=1S/C20H27N5OSi/c1-14-21-11-18-17-8-15-10-22-25(13-26-6-7-27(3,4)5)19(15)9-16(17)12-24(2)20(18)23-14/h8-11H,6-7,12-13H2,1-5H3. The highest BCUT2D eigenvalue weighted by Gasteiger charge is 2.23. The summed E-state index contributed by atoms with van der Waals surface area (Å²) in [6.07, 6.45) is 3.85. The lowest BCUT2D eigenvalue weighted by molar-refractivity contribution is 0.0817. The number of anilines is 1. The van der Waals surface area contributed by atoms with Crippen LogP contribution in [0.4, 0.5) is 5.82 Å². The Labute approximate surface area is 161 Å². The van der Waals surface area contributed by atoms with Crippen molar-refractivity contribution in [2.45, 2.75) is 45.9 Å². The zero-order valence-corrected chi connectivity index (χ0v) is 17.8. The maximum absolute atomic E-state index is 5.90. The Hall–Kier alpha value is -2.25. The molecule has 0 unspecified atom stereocenters. The minimum absolute atomic E-state index is 0.501. The fraction of sp³-hybridized carbons (Fsp3) is 0.450. The molecule has 0 bridgehead atoms. The SMILES string of the molecule is Cc1ncc2c(n1)N(C)Cc1cc3c(cnn3COCC[Si](C)(C)C)cc1-2. The van der Waals surface area contributed by atoms with Gasteiger partial charge in [-0.15, -0.1) is 0 Å². The van der Waals surface area contributed by atoms with E-state index in [9.17, 15) is 0 Å². The van der Waals surface area contributed by atoms with E-state index in [1.165, 1.54) is 17.2 Å². The summed E-state index contributed by atoms with van der Waals surface area (Å²) in [6, 6.07) is 5.61. The summed E-state index contributed by atoms with van der Waals surface area (Å²) < 4.78 is 7.86. The molecule has 0 N–H and O–H groups in total. The zero-order valence-electron chi connectivity index (χ0n) is 16.8. The molecule has 3 heterocycles. The average molecular weight is 382 g/mol. The Morgan fingerprint density at radius 3 is 2.74 bits per heavy atom. The molecule has 0 saturated carbocycles. The first kappa shape index (κ1) is 18.1. The molecule has 1 aromatic carbocycles. The summed E-state index contributed by atoms with van der Waals surface area (Å²) in [5, 5.41) is 5.67. The second-order valence-electron chi connectivity index (χ2n) is 8.57. The van der Waals surface area contributed by atoms with Gasteiger partial charge in [-0.2, -0.15) is 5.10 Å². The van der Waals surface area contributed by atoms with Crippen molar-refractivity contribution in [1.82, 2.24) is 19.7 Å². The van der Waals surface area contributed by atoms with Gasteiger partial charge in [0.05, 0.1) is 11.7 Å². The van der Waals surface area contributed by atoms with Crippen LogP contribution in [0, 0.1) is 6.92 Å². The molecule has 142 valence electrons. The Morgan fingerprint density at radius 1 is 1.15 bits per heavy atom. The first-order chi connectivity index (χ1) is 12.8. The lowest BCUT2D eigenvalue weighted by atomic mass is 9.95. The van der Waals surface area contributed by atoms with E-state index in [0.717, 1.165) is 41.3 Å². The molecular weight excluding hydrogens is 354 g/mol. The third kappa shape index (κ3) is 3.61. The number of ether oxygens (including phenoxy) is 1. The lowest BCUT2D eigenvalue weighted by Gasteiger charge is -2.28. The molecule has 6 nitrogen and oxygen atoms in total. The van der Waals surface area contributed by atoms with Crippen molar-refractivity contribution in [3.8, 4) is 11.1 Å². The molecular formula is C20H27N5OSi. The molecule has 27 heavy (non-hydrogen) atoms. The second-order valence-corrected chi connectivity index (χ2v) is 14.2. The van der Waals surface area contributed by atoms with Crippen LogP contribution < -0.4 is 4.90 Å². The summed E-state index contributed by atoms with van der Waals surface area (Å²) in [7, 11) is 1.01. The molecule has 0 aliphatic carbocycles. The topological polar surface area (TPSA) is 56.1 Å². The van der Waals surface area contributed by atoms with Gasteiger partial charge in [0.2, 0.25) is 0 Å². The van der Waals surface area contributed by atoms with E-state index in [0.29, 0.717) is 6.73 Å². The van der Waals surface area contributed by atoms with E-state index in [1.54, 1.807) is 0 Å². The summed E-state index contributed by atoms with van der Waals surface area (Å²) >= 11 is 0. The minimum atomic E-state index is -1.07. The Bertz CT molecular complexity index is 992. The quantitative estimate of drug-likeness (QED) is 0.493. The van der Waals surface area contributed by atoms with Crippen molar-refractivity contribution in [2.24, 2.45) is 0 Å². The number of aromatic nitrogens is 4. The number of hydrogen-bond acceptors (Lipinski definition) is 5. The molecule has 7 heteroatoms. The maximum Gasteiger partial charge on any atom is 0.140 e. The van der Waals surface area contributed by atoms with Crippen LogP contribution in [-0.4, -0.2) is 41.5 Å². The van der Waals surface area contributed by atoms with E-state index in [2.05, 4.69) is 58.8 Å². The fourth-order valence-electron chi connectivity index (χ4n) is 3.45. The molecule has 0 spiro atoms. The van der Waals surface area contributed by atoms with Crippen LogP contribution in [0.15, 0.2) is 24.5 Å². The van der Waals surface area contributed by atoms with Crippen molar-refractivity contribution >= 4 is 24.8 Å². The number of benzene rings is 1. The first-order valence-electron chi connectivity index (χ1n) is 9.43. The van der Waals surface area contributed by atoms with Gasteiger partial charge < -0.3 is 9.64 Å². The van der Waals surface area contributed by atoms with Crippen molar-refractivity contribution < 1.29 is 4.74 Å². The number of aryl methyl sites for hydroxylation is 1. The van der Waals surface area contributed by atoms with E-state index in [-0.39, 0.29) is 0 Å². The van der Waals surface area contributed by atoms with Gasteiger partial charge in [-0.25, -0.2) is 14.6 Å². The number of hydrogen-bond donors (Lipinski definition) is 0. The average Bonchev–Trinajstić information content (AvgIpc) is 2.99. The molecule has 4 rings (SSSR count). The van der Waals surface area contributed by atoms with Gasteiger partial charge in [-0.05, 0) is 36.2 Å². The van der Waals surface area contributed by atoms with E-state index in [1.807, 2.05) is 24.0 Å². The van der Waals surface area contributed by atoms with E-state index >= 15 is 0 Å². The first-order valence-corrected chi connectivity index (χ1v) is 13.1. The predicted molar refractivity (Wildman–Crippen MR) is 112 cm³/mol. The van der Waals surface area contributed by atoms with Gasteiger partial charge in [-0.1, -0.05) is 19.6 Å². The molecule has 3 aromatic rings. The Balaban J connectivity index is 1.63. The van der Waals surface area contributed by atoms with E-state index < -0.39 is 8.07 Å². The molecule has 0 atom stereocenters. The van der Waals surface area contributed by atoms with E-state index in [4.69, 9.17) is 4.74 Å². The van der Waals surface area contributed by atoms with Crippen molar-refractivity contribution in [3.05, 3.63) is 35.9 Å². The molecule has 0 saturated heterocycles. The number of nitrogens with zero attached hydrogens (tertiary/aromatic N) is 5. The second kappa shape index (κ2) is 6.72. The van der Waals surface area contributed by atoms with Gasteiger partial charge in [0, 0.05) is 45.4 Å². The highest BCUT2D eigenvalue weighted by molar-refractivity contribution is 6.76. The predicted octanol–water partition coefficient (Wildman–Crippen LogP) is 4.06. The normalized spacial score (nSPS) is 13.7. The van der Waals surface area contributed by atoms with Gasteiger partial charge >= 0.3 is 0 Å². The van der Waals surface area contributed by atoms with Crippen LogP contribution in [0.5, 0.6) is 0 Å². The van der Waals surface area contributed by atoms with Crippen molar-refractivity contribution in [3.63, 3.8) is 0 Å². The summed E-state index contributed by atoms with van der Waals surface area (Å²) in [5.41, 5.74) is 4.68. The zero-order chi connectivity index (χ0) is 19.2. The highest BCUT2D eigenvalue weighted by Crippen LogP contribution is 2.38. The molecule has 0 radical (unpaired) electrons. The summed E-state index contributed by atoms with van der Waals surface area (Å²) in [4.78, 5) is 11.2. The number of fused-ring (bicyclic) bond motifs is 4. The summed E-state index contributed by atoms with van der Waals surface area (Å²) in [6.45, 7) is 11.2. The highest BCUT2D eigenvalue weighted by atomic mass is 28.3. The fourth-order valence-corrected chi connectivity index (χ4v) is 4.21. The maximum atomic E-state index is 5.90. The molecule has 0 amide bonds. The lowest BCUT2D eigenvalue weighted by Crippen LogP contribution is -2.23. The molecule has 2 aromatic heterocycles. The monoisotopic (exact) mass is 381 g/mol. The van der Waals surface area contributed by atoms with Gasteiger partial charge in [0.1, 0.15) is 18.4 Å². The van der Waals surface area contributed by atoms with Crippen LogP contribution >= 0.6 is 0 Å². The molecule has 1 aliphatic rings. The van der Waals surface area contributed by atoms with Crippen LogP contribution in [0.3, 0.4) is 0 Å². The summed E-state index contributed by atoms with van der Waals surface area (Å²) in [5.74, 6) is 1.80. The van der Waals surface area contributed by atoms with Crippen LogP contribution in [0.1, 0.15) is 11.4 Å². The minimum Gasteiger partial charge on any atom is -0.360 e. The van der Waals surface area contributed by atoms with Gasteiger partial charge in [0.25, 0.3) is 0 Å². The Kier molecular flexibility index (Phi) is 4.51. The largest absolute Gasteiger partial charge is 0.360 e. The third-order valence-electron chi connectivity index (χ3n) is 5.03. The number of rotatable bonds is 5. The van der Waals surface area contributed by atoms with Crippen LogP contribution in [0.25, 0.3) is 22.0 Å². The van der Waals surface area contributed by atoms with Crippen molar-refractivity contribution in [1.29, 1.82) is 0 Å². The van der Waals surface area contributed by atoms with Crippen molar-refractivity contribution in [2.75, 3.05) is 18.6 Å². The van der Waals surface area contributed by atoms with Gasteiger partial charge in [-0.3, -0.25) is 0 Å².